The summed E-state index contributed by atoms with van der Waals surface area (Å²) in [5.41, 5.74) is 2.61. The van der Waals surface area contributed by atoms with E-state index in [2.05, 4.69) is 5.32 Å². The Hall–Kier alpha value is -2.30. The number of carbonyl (C=O) groups is 2. The third-order valence-corrected chi connectivity index (χ3v) is 3.08. The lowest BCUT2D eigenvalue weighted by Gasteiger charge is -2.05. The molecule has 1 heterocycles. The Balaban J connectivity index is 1.91. The lowest BCUT2D eigenvalue weighted by Crippen LogP contribution is -2.29. The quantitative estimate of drug-likeness (QED) is 0.829. The molecule has 0 unspecified atom stereocenters. The summed E-state index contributed by atoms with van der Waals surface area (Å²) >= 11 is 0. The predicted octanol–water partition coefficient (Wildman–Crippen LogP) is 2.35. The average molecular weight is 289 g/mol. The van der Waals surface area contributed by atoms with E-state index in [9.17, 15) is 9.59 Å². The lowest BCUT2D eigenvalue weighted by atomic mass is 10.1. The summed E-state index contributed by atoms with van der Waals surface area (Å²) in [5, 5.41) is 3.54. The molecule has 0 radical (unpaired) electrons. The standard InChI is InChI=1S/C16H19NO4/c1-3-6-17-15(18)10-21-16(19)8-12-9-20-14-7-11(2)4-5-13(12)14/h4-5,7,9H,3,6,8,10H2,1-2H3,(H,17,18). The fraction of sp³-hybridized carbons (Fsp3) is 0.375. The topological polar surface area (TPSA) is 68.5 Å². The van der Waals surface area contributed by atoms with E-state index >= 15 is 0 Å². The SMILES string of the molecule is CCCNC(=O)COC(=O)Cc1coc2cc(C)ccc12. The normalized spacial score (nSPS) is 10.6. The van der Waals surface area contributed by atoms with E-state index in [1.54, 1.807) is 6.26 Å². The highest BCUT2D eigenvalue weighted by molar-refractivity contribution is 5.87. The number of ether oxygens (including phenoxy) is 1. The molecule has 1 N–H and O–H groups in total. The van der Waals surface area contributed by atoms with Crippen molar-refractivity contribution in [2.24, 2.45) is 0 Å². The molecule has 1 aromatic heterocycles. The molecule has 0 spiro atoms. The first kappa shape index (κ1) is 15.1. The van der Waals surface area contributed by atoms with Crippen LogP contribution in [-0.2, 0) is 20.7 Å². The number of furan rings is 1. The van der Waals surface area contributed by atoms with Gasteiger partial charge >= 0.3 is 5.97 Å². The van der Waals surface area contributed by atoms with Gasteiger partial charge < -0.3 is 14.5 Å². The average Bonchev–Trinajstić information content (AvgIpc) is 2.85. The van der Waals surface area contributed by atoms with Gasteiger partial charge in [0.1, 0.15) is 5.58 Å². The predicted molar refractivity (Wildman–Crippen MR) is 78.9 cm³/mol. The van der Waals surface area contributed by atoms with Gasteiger partial charge in [0.15, 0.2) is 6.61 Å². The fourth-order valence-corrected chi connectivity index (χ4v) is 2.00. The molecule has 1 aromatic carbocycles. The summed E-state index contributed by atoms with van der Waals surface area (Å²) in [4.78, 5) is 23.1. The highest BCUT2D eigenvalue weighted by Gasteiger charge is 2.12. The van der Waals surface area contributed by atoms with Crippen LogP contribution >= 0.6 is 0 Å². The van der Waals surface area contributed by atoms with Crippen LogP contribution in [0.1, 0.15) is 24.5 Å². The highest BCUT2D eigenvalue weighted by atomic mass is 16.5. The van der Waals surface area contributed by atoms with Gasteiger partial charge in [-0.05, 0) is 25.0 Å². The number of carbonyl (C=O) groups excluding carboxylic acids is 2. The number of aryl methyl sites for hydroxylation is 1. The van der Waals surface area contributed by atoms with E-state index < -0.39 is 5.97 Å². The van der Waals surface area contributed by atoms with Crippen molar-refractivity contribution in [3.8, 4) is 0 Å². The third-order valence-electron chi connectivity index (χ3n) is 3.08. The summed E-state index contributed by atoms with van der Waals surface area (Å²) in [5.74, 6) is -0.720. The van der Waals surface area contributed by atoms with Gasteiger partial charge in [0, 0.05) is 17.5 Å². The van der Waals surface area contributed by atoms with Crippen molar-refractivity contribution in [3.63, 3.8) is 0 Å². The molecule has 0 saturated heterocycles. The molecule has 0 fully saturated rings. The van der Waals surface area contributed by atoms with Crippen molar-refractivity contribution in [1.29, 1.82) is 0 Å². The number of nitrogens with one attached hydrogen (secondary N) is 1. The van der Waals surface area contributed by atoms with E-state index in [1.807, 2.05) is 32.0 Å². The molecule has 5 nitrogen and oxygen atoms in total. The minimum atomic E-state index is -0.440. The molecule has 5 heteroatoms. The lowest BCUT2D eigenvalue weighted by molar-refractivity contribution is -0.147. The number of esters is 1. The van der Waals surface area contributed by atoms with Gasteiger partial charge in [-0.25, -0.2) is 0 Å². The summed E-state index contributed by atoms with van der Waals surface area (Å²) in [7, 11) is 0. The largest absolute Gasteiger partial charge is 0.464 e. The van der Waals surface area contributed by atoms with Crippen molar-refractivity contribution in [3.05, 3.63) is 35.6 Å². The van der Waals surface area contributed by atoms with Crippen molar-refractivity contribution in [1.82, 2.24) is 5.32 Å². The van der Waals surface area contributed by atoms with Gasteiger partial charge in [0.05, 0.1) is 12.7 Å². The van der Waals surface area contributed by atoms with Crippen molar-refractivity contribution < 1.29 is 18.7 Å². The van der Waals surface area contributed by atoms with Crippen LogP contribution in [0.5, 0.6) is 0 Å². The molecule has 0 atom stereocenters. The Bertz CT molecular complexity index is 645. The maximum absolute atomic E-state index is 11.8. The van der Waals surface area contributed by atoms with E-state index in [0.717, 1.165) is 28.5 Å². The van der Waals surface area contributed by atoms with Gasteiger partial charge in [-0.3, -0.25) is 9.59 Å². The zero-order chi connectivity index (χ0) is 15.2. The molecular formula is C16H19NO4. The van der Waals surface area contributed by atoms with Crippen LogP contribution in [0.3, 0.4) is 0 Å². The van der Waals surface area contributed by atoms with Crippen molar-refractivity contribution in [2.75, 3.05) is 13.2 Å². The van der Waals surface area contributed by atoms with E-state index in [0.29, 0.717) is 6.54 Å². The number of fused-ring (bicyclic) bond motifs is 1. The van der Waals surface area contributed by atoms with Crippen LogP contribution in [0.2, 0.25) is 0 Å². The molecule has 0 aliphatic rings. The first-order valence-electron chi connectivity index (χ1n) is 6.99. The van der Waals surface area contributed by atoms with E-state index in [4.69, 9.17) is 9.15 Å². The molecule has 112 valence electrons. The van der Waals surface area contributed by atoms with Gasteiger partial charge in [0.2, 0.25) is 0 Å². The maximum Gasteiger partial charge on any atom is 0.310 e. The number of rotatable bonds is 6. The van der Waals surface area contributed by atoms with Crippen LogP contribution < -0.4 is 5.32 Å². The van der Waals surface area contributed by atoms with Crippen LogP contribution in [0.15, 0.2) is 28.9 Å². The number of hydrogen-bond acceptors (Lipinski definition) is 4. The Labute approximate surface area is 123 Å². The van der Waals surface area contributed by atoms with Gasteiger partial charge in [-0.15, -0.1) is 0 Å². The highest BCUT2D eigenvalue weighted by Crippen LogP contribution is 2.22. The second-order valence-electron chi connectivity index (χ2n) is 4.95. The van der Waals surface area contributed by atoms with Gasteiger partial charge in [0.25, 0.3) is 5.91 Å². The Morgan fingerprint density at radius 1 is 1.33 bits per heavy atom. The van der Waals surface area contributed by atoms with E-state index in [-0.39, 0.29) is 18.9 Å². The zero-order valence-electron chi connectivity index (χ0n) is 12.3. The second kappa shape index (κ2) is 6.92. The minimum absolute atomic E-state index is 0.0944. The monoisotopic (exact) mass is 289 g/mol. The summed E-state index contributed by atoms with van der Waals surface area (Å²) < 4.78 is 10.4. The first-order valence-corrected chi connectivity index (χ1v) is 6.99. The van der Waals surface area contributed by atoms with E-state index in [1.165, 1.54) is 0 Å². The Morgan fingerprint density at radius 2 is 2.14 bits per heavy atom. The third kappa shape index (κ3) is 4.08. The fourth-order valence-electron chi connectivity index (χ4n) is 2.00. The molecule has 2 rings (SSSR count). The molecule has 21 heavy (non-hydrogen) atoms. The number of hydrogen-bond donors (Lipinski definition) is 1. The zero-order valence-corrected chi connectivity index (χ0v) is 12.3. The van der Waals surface area contributed by atoms with Crippen LogP contribution in [0.4, 0.5) is 0 Å². The van der Waals surface area contributed by atoms with Crippen molar-refractivity contribution in [2.45, 2.75) is 26.7 Å². The van der Waals surface area contributed by atoms with Gasteiger partial charge in [-0.2, -0.15) is 0 Å². The summed E-state index contributed by atoms with van der Waals surface area (Å²) in [6.07, 6.45) is 2.50. The van der Waals surface area contributed by atoms with Crippen LogP contribution in [0.25, 0.3) is 11.0 Å². The molecular weight excluding hydrogens is 270 g/mol. The molecule has 2 aromatic rings. The van der Waals surface area contributed by atoms with Crippen LogP contribution in [0, 0.1) is 6.92 Å². The molecule has 1 amide bonds. The summed E-state index contributed by atoms with van der Waals surface area (Å²) in [6.45, 7) is 4.28. The molecule has 0 bridgehead atoms. The Morgan fingerprint density at radius 3 is 2.90 bits per heavy atom. The van der Waals surface area contributed by atoms with Gasteiger partial charge in [-0.1, -0.05) is 19.1 Å². The minimum Gasteiger partial charge on any atom is -0.464 e. The van der Waals surface area contributed by atoms with Crippen molar-refractivity contribution >= 4 is 22.8 Å². The number of benzene rings is 1. The van der Waals surface area contributed by atoms with Crippen LogP contribution in [-0.4, -0.2) is 25.0 Å². The molecule has 0 aliphatic heterocycles. The number of amides is 1. The first-order chi connectivity index (χ1) is 10.1. The molecule has 0 saturated carbocycles. The Kier molecular flexibility index (Phi) is 4.98. The smallest absolute Gasteiger partial charge is 0.310 e. The summed E-state index contributed by atoms with van der Waals surface area (Å²) in [6, 6.07) is 5.80. The molecule has 0 aliphatic carbocycles. The second-order valence-corrected chi connectivity index (χ2v) is 4.95. The maximum atomic E-state index is 11.8.